The molecular weight excluding hydrogens is 267 g/mol. The van der Waals surface area contributed by atoms with Crippen molar-refractivity contribution in [1.29, 1.82) is 0 Å². The van der Waals surface area contributed by atoms with E-state index in [1.165, 1.54) is 25.7 Å². The highest BCUT2D eigenvalue weighted by Crippen LogP contribution is 2.51. The summed E-state index contributed by atoms with van der Waals surface area (Å²) in [6.07, 6.45) is 5.05. The maximum atomic E-state index is 13.0. The van der Waals surface area contributed by atoms with Crippen molar-refractivity contribution in [3.05, 3.63) is 0 Å². The van der Waals surface area contributed by atoms with Gasteiger partial charge in [-0.3, -0.25) is 0 Å². The van der Waals surface area contributed by atoms with Crippen LogP contribution >= 0.6 is 8.10 Å². The first-order chi connectivity index (χ1) is 9.08. The predicted octanol–water partition coefficient (Wildman–Crippen LogP) is 4.66. The molecule has 20 heavy (non-hydrogen) atoms. The van der Waals surface area contributed by atoms with E-state index in [0.717, 1.165) is 13.1 Å². The molecule has 1 aliphatic carbocycles. The third kappa shape index (κ3) is 3.81. The van der Waals surface area contributed by atoms with Gasteiger partial charge in [0.05, 0.1) is 25.2 Å². The summed E-state index contributed by atoms with van der Waals surface area (Å²) in [5, 5.41) is 0. The van der Waals surface area contributed by atoms with Gasteiger partial charge in [-0.25, -0.2) is 0 Å². The average Bonchev–Trinajstić information content (AvgIpc) is 2.52. The summed E-state index contributed by atoms with van der Waals surface area (Å²) < 4.78 is 17.7. The fourth-order valence-corrected chi connectivity index (χ4v) is 5.95. The van der Waals surface area contributed by atoms with E-state index < -0.39 is 8.10 Å². The van der Waals surface area contributed by atoms with E-state index in [1.807, 2.05) is 0 Å². The second kappa shape index (κ2) is 5.66. The van der Waals surface area contributed by atoms with Gasteiger partial charge in [0, 0.05) is 0 Å². The summed E-state index contributed by atoms with van der Waals surface area (Å²) in [5.41, 5.74) is 0.426. The fraction of sp³-hybridized carbons (Fsp3) is 1.00. The van der Waals surface area contributed by atoms with Crippen molar-refractivity contribution in [2.24, 2.45) is 10.8 Å². The lowest BCUT2D eigenvalue weighted by atomic mass is 9.87. The van der Waals surface area contributed by atoms with Crippen LogP contribution in [0.1, 0.15) is 67.2 Å². The Balaban J connectivity index is 2.20. The molecule has 1 heterocycles. The minimum atomic E-state index is -1.35. The summed E-state index contributed by atoms with van der Waals surface area (Å²) in [7, 11) is -1.35. The normalized spacial score (nSPS) is 29.8. The highest BCUT2D eigenvalue weighted by molar-refractivity contribution is 7.39. The third-order valence-corrected chi connectivity index (χ3v) is 5.93. The topological polar surface area (TPSA) is 23.6 Å². The summed E-state index contributed by atoms with van der Waals surface area (Å²) in [5.74, 6) is 0. The van der Waals surface area contributed by atoms with E-state index >= 15 is 0 Å². The fourth-order valence-electron chi connectivity index (χ4n) is 3.52. The molecule has 3 nitrogen and oxygen atoms in total. The van der Waals surface area contributed by atoms with E-state index in [1.54, 1.807) is 0 Å². The maximum Gasteiger partial charge on any atom is 0.538 e. The second-order valence-electron chi connectivity index (χ2n) is 8.99. The van der Waals surface area contributed by atoms with Crippen LogP contribution in [0.3, 0.4) is 0 Å². The first kappa shape index (κ1) is 16.4. The van der Waals surface area contributed by atoms with Gasteiger partial charge in [0.15, 0.2) is 0 Å². The molecule has 0 aromatic rings. The van der Waals surface area contributed by atoms with Gasteiger partial charge in [-0.05, 0) is 28.2 Å². The SMILES string of the molecule is CC(C)(C)CN1[C@@H]2CCCC[C@H]2N(CC(C)(C)C)[P+]1=O. The Labute approximate surface area is 126 Å². The predicted molar refractivity (Wildman–Crippen MR) is 86.0 cm³/mol. The van der Waals surface area contributed by atoms with Crippen LogP contribution in [-0.4, -0.2) is 34.5 Å². The average molecular weight is 299 g/mol. The number of hydrogen-bond acceptors (Lipinski definition) is 1. The molecule has 0 aromatic heterocycles. The van der Waals surface area contributed by atoms with Crippen LogP contribution < -0.4 is 0 Å². The van der Waals surface area contributed by atoms with E-state index in [2.05, 4.69) is 50.9 Å². The highest BCUT2D eigenvalue weighted by Gasteiger charge is 2.58. The van der Waals surface area contributed by atoms with Gasteiger partial charge in [0.2, 0.25) is 0 Å². The zero-order valence-corrected chi connectivity index (χ0v) is 15.0. The van der Waals surface area contributed by atoms with Gasteiger partial charge in [-0.15, -0.1) is 0 Å². The van der Waals surface area contributed by atoms with Crippen LogP contribution in [-0.2, 0) is 4.57 Å². The quantitative estimate of drug-likeness (QED) is 0.693. The van der Waals surface area contributed by atoms with Gasteiger partial charge < -0.3 is 0 Å². The van der Waals surface area contributed by atoms with Crippen molar-refractivity contribution in [3.63, 3.8) is 0 Å². The molecule has 0 spiro atoms. The number of nitrogens with zero attached hydrogens (tertiary/aromatic N) is 2. The molecule has 2 atom stereocenters. The van der Waals surface area contributed by atoms with Crippen molar-refractivity contribution in [2.75, 3.05) is 13.1 Å². The van der Waals surface area contributed by atoms with Crippen LogP contribution in [0.15, 0.2) is 0 Å². The summed E-state index contributed by atoms with van der Waals surface area (Å²) in [6.45, 7) is 15.4. The molecule has 0 unspecified atom stereocenters. The first-order valence-corrected chi connectivity index (χ1v) is 9.25. The van der Waals surface area contributed by atoms with Crippen LogP contribution in [0.4, 0.5) is 0 Å². The summed E-state index contributed by atoms with van der Waals surface area (Å²) in [4.78, 5) is 0. The second-order valence-corrected chi connectivity index (χ2v) is 10.5. The number of hydrogen-bond donors (Lipinski definition) is 0. The molecule has 0 amide bonds. The van der Waals surface area contributed by atoms with Gasteiger partial charge in [0.1, 0.15) is 0 Å². The molecular formula is C16H32N2OP+. The molecule has 1 saturated carbocycles. The standard InChI is InChI=1S/C16H32N2OP/c1-15(2,3)11-17-13-9-7-8-10-14(13)18(20(17)19)12-16(4,5)6/h13-14H,7-12H2,1-6H3/q+1/t13-,14-/m1/s1. The zero-order valence-electron chi connectivity index (χ0n) is 14.1. The molecule has 0 aromatic carbocycles. The Kier molecular flexibility index (Phi) is 4.64. The zero-order chi connectivity index (χ0) is 15.1. The Bertz CT molecular complexity index is 336. The van der Waals surface area contributed by atoms with Crippen molar-refractivity contribution < 1.29 is 4.57 Å². The summed E-state index contributed by atoms with van der Waals surface area (Å²) in [6, 6.07) is 1.04. The Morgan fingerprint density at radius 2 is 1.20 bits per heavy atom. The lowest BCUT2D eigenvalue weighted by molar-refractivity contribution is 0.159. The molecule has 116 valence electrons. The molecule has 2 rings (SSSR count). The van der Waals surface area contributed by atoms with Crippen molar-refractivity contribution in [3.8, 4) is 0 Å². The van der Waals surface area contributed by atoms with Gasteiger partial charge in [-0.1, -0.05) is 63.7 Å². The van der Waals surface area contributed by atoms with Gasteiger partial charge in [-0.2, -0.15) is 0 Å². The largest absolute Gasteiger partial charge is 0.538 e. The van der Waals surface area contributed by atoms with E-state index in [4.69, 9.17) is 0 Å². The Morgan fingerprint density at radius 1 is 0.850 bits per heavy atom. The van der Waals surface area contributed by atoms with Crippen molar-refractivity contribution in [2.45, 2.75) is 79.3 Å². The lowest BCUT2D eigenvalue weighted by Gasteiger charge is -2.30. The Hall–Kier alpha value is 0.0200. The van der Waals surface area contributed by atoms with Crippen molar-refractivity contribution in [1.82, 2.24) is 9.34 Å². The van der Waals surface area contributed by atoms with Gasteiger partial charge >= 0.3 is 8.10 Å². The Morgan fingerprint density at radius 3 is 1.50 bits per heavy atom. The molecule has 2 aliphatic rings. The molecule has 1 aliphatic heterocycles. The van der Waals surface area contributed by atoms with Crippen molar-refractivity contribution >= 4 is 8.10 Å². The molecule has 0 bridgehead atoms. The van der Waals surface area contributed by atoms with Crippen LogP contribution in [0.2, 0.25) is 0 Å². The minimum Gasteiger partial charge on any atom is -0.0736 e. The van der Waals surface area contributed by atoms with E-state index in [-0.39, 0.29) is 10.8 Å². The number of fused-ring (bicyclic) bond motifs is 1. The smallest absolute Gasteiger partial charge is 0.0736 e. The molecule has 2 fully saturated rings. The third-order valence-electron chi connectivity index (χ3n) is 4.17. The van der Waals surface area contributed by atoms with Crippen LogP contribution in [0.5, 0.6) is 0 Å². The lowest BCUT2D eigenvalue weighted by Crippen LogP contribution is -2.43. The van der Waals surface area contributed by atoms with E-state index in [9.17, 15) is 4.57 Å². The van der Waals surface area contributed by atoms with Gasteiger partial charge in [0.25, 0.3) is 0 Å². The van der Waals surface area contributed by atoms with E-state index in [0.29, 0.717) is 12.1 Å². The highest BCUT2D eigenvalue weighted by atomic mass is 31.1. The summed E-state index contributed by atoms with van der Waals surface area (Å²) >= 11 is 0. The molecule has 0 N–H and O–H groups in total. The monoisotopic (exact) mass is 299 g/mol. The first-order valence-electron chi connectivity index (χ1n) is 8.09. The molecule has 0 radical (unpaired) electrons. The molecule has 4 heteroatoms. The molecule has 1 saturated heterocycles. The maximum absolute atomic E-state index is 13.0. The van der Waals surface area contributed by atoms with Crippen LogP contribution in [0, 0.1) is 10.8 Å². The minimum absolute atomic E-state index is 0.213. The van der Waals surface area contributed by atoms with Crippen LogP contribution in [0.25, 0.3) is 0 Å². The number of rotatable bonds is 2.